The Morgan fingerprint density at radius 2 is 1.93 bits per heavy atom. The van der Waals surface area contributed by atoms with Crippen molar-refractivity contribution < 1.29 is 23.9 Å². The first kappa shape index (κ1) is 20.4. The number of amides is 4. The van der Waals surface area contributed by atoms with E-state index >= 15 is 0 Å². The van der Waals surface area contributed by atoms with E-state index in [0.717, 1.165) is 35.3 Å². The van der Waals surface area contributed by atoms with Crippen molar-refractivity contribution in [2.75, 3.05) is 13.7 Å². The van der Waals surface area contributed by atoms with Crippen LogP contribution in [0.15, 0.2) is 24.3 Å². The quantitative estimate of drug-likeness (QED) is 0.600. The number of hydrogen-bond donors (Lipinski definition) is 1. The number of imide groups is 1. The Bertz CT molecular complexity index is 901. The maximum Gasteiger partial charge on any atom is 0.328 e. The van der Waals surface area contributed by atoms with Gasteiger partial charge >= 0.3 is 12.0 Å². The standard InChI is InChI=1S/C22H27N3O5/c1-14-7-5-6-10-22(14)20(28)25(21(29)23-22)13-18(26)24-12-16-9-4-3-8-15(16)11-17(24)19(27)30-2/h3-4,8-9,14,17H,5-7,10-13H2,1-2H3,(H,23,29)/t14-,17-,22-/m1/s1. The van der Waals surface area contributed by atoms with Crippen molar-refractivity contribution >= 4 is 23.8 Å². The van der Waals surface area contributed by atoms with E-state index in [1.807, 2.05) is 31.2 Å². The van der Waals surface area contributed by atoms with Gasteiger partial charge in [-0.15, -0.1) is 0 Å². The summed E-state index contributed by atoms with van der Waals surface area (Å²) in [4.78, 5) is 53.8. The second-order valence-electron chi connectivity index (χ2n) is 8.47. The van der Waals surface area contributed by atoms with Crippen molar-refractivity contribution in [2.45, 2.75) is 57.2 Å². The predicted octanol–water partition coefficient (Wildman–Crippen LogP) is 1.61. The Labute approximate surface area is 175 Å². The molecule has 4 rings (SSSR count). The number of rotatable bonds is 3. The summed E-state index contributed by atoms with van der Waals surface area (Å²) in [5.41, 5.74) is 1.02. The molecule has 1 aromatic rings. The fourth-order valence-electron chi connectivity index (χ4n) is 5.00. The molecule has 2 fully saturated rings. The highest BCUT2D eigenvalue weighted by atomic mass is 16.5. The van der Waals surface area contributed by atoms with Crippen molar-refractivity contribution in [1.29, 1.82) is 0 Å². The fourth-order valence-corrected chi connectivity index (χ4v) is 5.00. The van der Waals surface area contributed by atoms with Gasteiger partial charge in [-0.2, -0.15) is 0 Å². The number of fused-ring (bicyclic) bond motifs is 1. The predicted molar refractivity (Wildman–Crippen MR) is 107 cm³/mol. The van der Waals surface area contributed by atoms with Crippen LogP contribution in [0.4, 0.5) is 4.79 Å². The normalized spacial score (nSPS) is 28.3. The van der Waals surface area contributed by atoms with Crippen LogP contribution in [0.3, 0.4) is 0 Å². The average molecular weight is 413 g/mol. The molecule has 8 heteroatoms. The first-order chi connectivity index (χ1) is 14.4. The molecule has 30 heavy (non-hydrogen) atoms. The number of ether oxygens (including phenoxy) is 1. The zero-order valence-electron chi connectivity index (χ0n) is 17.3. The highest BCUT2D eigenvalue weighted by Crippen LogP contribution is 2.38. The van der Waals surface area contributed by atoms with Crippen LogP contribution in [0.1, 0.15) is 43.7 Å². The molecule has 2 aliphatic heterocycles. The van der Waals surface area contributed by atoms with E-state index in [4.69, 9.17) is 4.74 Å². The second kappa shape index (κ2) is 7.74. The molecular weight excluding hydrogens is 386 g/mol. The van der Waals surface area contributed by atoms with E-state index in [1.54, 1.807) is 0 Å². The maximum atomic E-state index is 13.2. The summed E-state index contributed by atoms with van der Waals surface area (Å²) in [5, 5.41) is 2.86. The molecule has 1 aliphatic carbocycles. The van der Waals surface area contributed by atoms with E-state index in [1.165, 1.54) is 12.0 Å². The Hall–Kier alpha value is -2.90. The summed E-state index contributed by atoms with van der Waals surface area (Å²) in [6.07, 6.45) is 3.69. The molecule has 1 N–H and O–H groups in total. The highest BCUT2D eigenvalue weighted by molar-refractivity contribution is 6.09. The second-order valence-corrected chi connectivity index (χ2v) is 8.47. The van der Waals surface area contributed by atoms with Gasteiger partial charge in [-0.1, -0.05) is 44.0 Å². The number of methoxy groups -OCH3 is 1. The third kappa shape index (κ3) is 3.24. The lowest BCUT2D eigenvalue weighted by atomic mass is 9.73. The van der Waals surface area contributed by atoms with Crippen molar-refractivity contribution in [3.8, 4) is 0 Å². The summed E-state index contributed by atoms with van der Waals surface area (Å²) in [6, 6.07) is 6.30. The smallest absolute Gasteiger partial charge is 0.328 e. The summed E-state index contributed by atoms with van der Waals surface area (Å²) in [7, 11) is 1.29. The van der Waals surface area contributed by atoms with Crippen LogP contribution in [0.5, 0.6) is 0 Å². The van der Waals surface area contributed by atoms with Crippen molar-refractivity contribution in [3.63, 3.8) is 0 Å². The first-order valence-electron chi connectivity index (χ1n) is 10.5. The van der Waals surface area contributed by atoms with Gasteiger partial charge in [0.15, 0.2) is 0 Å². The van der Waals surface area contributed by atoms with Gasteiger partial charge in [0.2, 0.25) is 5.91 Å². The van der Waals surface area contributed by atoms with Crippen LogP contribution in [-0.2, 0) is 32.1 Å². The summed E-state index contributed by atoms with van der Waals surface area (Å²) in [6.45, 7) is 1.83. The van der Waals surface area contributed by atoms with Gasteiger partial charge in [0.25, 0.3) is 5.91 Å². The fraction of sp³-hybridized carbons (Fsp3) is 0.545. The highest BCUT2D eigenvalue weighted by Gasteiger charge is 2.55. The van der Waals surface area contributed by atoms with E-state index in [-0.39, 0.29) is 24.9 Å². The topological polar surface area (TPSA) is 96.0 Å². The Morgan fingerprint density at radius 3 is 2.63 bits per heavy atom. The summed E-state index contributed by atoms with van der Waals surface area (Å²) >= 11 is 0. The number of nitrogens with zero attached hydrogens (tertiary/aromatic N) is 2. The summed E-state index contributed by atoms with van der Waals surface area (Å²) in [5.74, 6) is -1.26. The van der Waals surface area contributed by atoms with Gasteiger partial charge in [0.05, 0.1) is 7.11 Å². The van der Waals surface area contributed by atoms with Gasteiger partial charge in [-0.05, 0) is 29.9 Å². The average Bonchev–Trinajstić information content (AvgIpc) is 2.99. The third-order valence-electron chi connectivity index (χ3n) is 6.84. The first-order valence-corrected chi connectivity index (χ1v) is 10.5. The molecule has 1 spiro atoms. The van der Waals surface area contributed by atoms with Gasteiger partial charge in [-0.25, -0.2) is 9.59 Å². The molecule has 0 unspecified atom stereocenters. The molecule has 8 nitrogen and oxygen atoms in total. The number of carbonyl (C=O) groups excluding carboxylic acids is 4. The van der Waals surface area contributed by atoms with E-state index < -0.39 is 29.5 Å². The SMILES string of the molecule is COC(=O)[C@H]1Cc2ccccc2CN1C(=O)CN1C(=O)N[C@@]2(CCCC[C@H]2C)C1=O. The lowest BCUT2D eigenvalue weighted by molar-refractivity contribution is -0.154. The molecule has 4 amide bonds. The van der Waals surface area contributed by atoms with Crippen LogP contribution in [0.25, 0.3) is 0 Å². The zero-order chi connectivity index (χ0) is 21.5. The minimum Gasteiger partial charge on any atom is -0.467 e. The van der Waals surface area contributed by atoms with Crippen LogP contribution in [-0.4, -0.2) is 58.8 Å². The Morgan fingerprint density at radius 1 is 1.20 bits per heavy atom. The van der Waals surface area contributed by atoms with Gasteiger partial charge in [-0.3, -0.25) is 14.5 Å². The number of esters is 1. The molecular formula is C22H27N3O5. The molecule has 3 aliphatic rings. The van der Waals surface area contributed by atoms with Gasteiger partial charge in [0.1, 0.15) is 18.1 Å². The van der Waals surface area contributed by atoms with E-state index in [0.29, 0.717) is 12.8 Å². The number of urea groups is 1. The molecule has 1 saturated heterocycles. The number of nitrogens with one attached hydrogen (secondary N) is 1. The van der Waals surface area contributed by atoms with Gasteiger partial charge in [0, 0.05) is 13.0 Å². The number of benzene rings is 1. The Kier molecular flexibility index (Phi) is 5.26. The van der Waals surface area contributed by atoms with E-state index in [9.17, 15) is 19.2 Å². The molecule has 0 aromatic heterocycles. The zero-order valence-corrected chi connectivity index (χ0v) is 17.3. The lowest BCUT2D eigenvalue weighted by Gasteiger charge is -2.37. The Balaban J connectivity index is 1.55. The van der Waals surface area contributed by atoms with Crippen molar-refractivity contribution in [3.05, 3.63) is 35.4 Å². The van der Waals surface area contributed by atoms with Crippen LogP contribution < -0.4 is 5.32 Å². The molecule has 1 saturated carbocycles. The van der Waals surface area contributed by atoms with Gasteiger partial charge < -0.3 is 15.0 Å². The third-order valence-corrected chi connectivity index (χ3v) is 6.84. The summed E-state index contributed by atoms with van der Waals surface area (Å²) < 4.78 is 4.91. The largest absolute Gasteiger partial charge is 0.467 e. The van der Waals surface area contributed by atoms with Crippen LogP contribution >= 0.6 is 0 Å². The molecule has 0 bridgehead atoms. The molecule has 2 heterocycles. The van der Waals surface area contributed by atoms with Crippen LogP contribution in [0, 0.1) is 5.92 Å². The van der Waals surface area contributed by atoms with Crippen LogP contribution in [0.2, 0.25) is 0 Å². The van der Waals surface area contributed by atoms with E-state index in [2.05, 4.69) is 5.32 Å². The number of hydrogen-bond acceptors (Lipinski definition) is 5. The molecule has 3 atom stereocenters. The molecule has 160 valence electrons. The minimum atomic E-state index is -0.911. The minimum absolute atomic E-state index is 0.0208. The maximum absolute atomic E-state index is 13.2. The molecule has 1 aromatic carbocycles. The number of carbonyl (C=O) groups is 4. The van der Waals surface area contributed by atoms with Crippen molar-refractivity contribution in [2.24, 2.45) is 5.92 Å². The monoisotopic (exact) mass is 413 g/mol. The molecule has 0 radical (unpaired) electrons. The van der Waals surface area contributed by atoms with Crippen molar-refractivity contribution in [1.82, 2.24) is 15.1 Å². The lowest BCUT2D eigenvalue weighted by Crippen LogP contribution is -2.55.